The summed E-state index contributed by atoms with van der Waals surface area (Å²) in [6.07, 6.45) is 0.0415. The molecule has 0 aliphatic carbocycles. The summed E-state index contributed by atoms with van der Waals surface area (Å²) in [5, 5.41) is 7.52. The van der Waals surface area contributed by atoms with Gasteiger partial charge in [-0.1, -0.05) is 12.1 Å². The van der Waals surface area contributed by atoms with Crippen molar-refractivity contribution >= 4 is 35.2 Å². The average molecular weight is 321 g/mol. The van der Waals surface area contributed by atoms with E-state index < -0.39 is 5.25 Å². The zero-order valence-corrected chi connectivity index (χ0v) is 13.3. The van der Waals surface area contributed by atoms with Crippen LogP contribution in [0.1, 0.15) is 20.3 Å². The molecule has 0 spiro atoms. The van der Waals surface area contributed by atoms with E-state index >= 15 is 0 Å². The Kier molecular flexibility index (Phi) is 5.43. The third-order valence-electron chi connectivity index (χ3n) is 2.97. The molecule has 7 heteroatoms. The van der Waals surface area contributed by atoms with E-state index in [1.165, 1.54) is 11.8 Å². The van der Waals surface area contributed by atoms with Gasteiger partial charge in [0.15, 0.2) is 0 Å². The second kappa shape index (κ2) is 7.31. The van der Waals surface area contributed by atoms with Crippen LogP contribution in [-0.4, -0.2) is 35.6 Å². The van der Waals surface area contributed by atoms with Crippen molar-refractivity contribution in [2.24, 2.45) is 0 Å². The van der Waals surface area contributed by atoms with Gasteiger partial charge in [0.25, 0.3) is 0 Å². The van der Waals surface area contributed by atoms with Crippen molar-refractivity contribution in [3.8, 4) is 0 Å². The number of benzene rings is 1. The van der Waals surface area contributed by atoms with Gasteiger partial charge in [-0.05, 0) is 26.0 Å². The van der Waals surface area contributed by atoms with Gasteiger partial charge in [0.05, 0.1) is 17.5 Å². The van der Waals surface area contributed by atoms with E-state index in [4.69, 9.17) is 0 Å². The highest BCUT2D eigenvalue weighted by molar-refractivity contribution is 8.01. The lowest BCUT2D eigenvalue weighted by Gasteiger charge is -2.23. The summed E-state index contributed by atoms with van der Waals surface area (Å²) in [5.74, 6) is -0.745. The van der Waals surface area contributed by atoms with Gasteiger partial charge in [0, 0.05) is 17.4 Å². The van der Waals surface area contributed by atoms with Crippen LogP contribution in [0.15, 0.2) is 29.2 Å². The molecule has 0 radical (unpaired) electrons. The van der Waals surface area contributed by atoms with Gasteiger partial charge in [-0.2, -0.15) is 0 Å². The van der Waals surface area contributed by atoms with Crippen molar-refractivity contribution in [1.29, 1.82) is 0 Å². The Hall–Kier alpha value is -2.02. The Morgan fingerprint density at radius 3 is 2.73 bits per heavy atom. The first kappa shape index (κ1) is 16.4. The molecule has 1 aliphatic heterocycles. The summed E-state index contributed by atoms with van der Waals surface area (Å²) >= 11 is 1.36. The number of thioether (sulfide) groups is 1. The number of hydrogen-bond donors (Lipinski definition) is 3. The van der Waals surface area contributed by atoms with E-state index in [-0.39, 0.29) is 36.7 Å². The molecule has 0 unspecified atom stereocenters. The average Bonchev–Trinajstić information content (AvgIpc) is 2.45. The lowest BCUT2D eigenvalue weighted by Crippen LogP contribution is -2.41. The van der Waals surface area contributed by atoms with Gasteiger partial charge >= 0.3 is 0 Å². The van der Waals surface area contributed by atoms with E-state index in [0.717, 1.165) is 10.6 Å². The van der Waals surface area contributed by atoms with Crippen LogP contribution >= 0.6 is 11.8 Å². The highest BCUT2D eigenvalue weighted by atomic mass is 32.2. The number of carbonyl (C=O) groups excluding carboxylic acids is 3. The molecule has 0 saturated carbocycles. The molecule has 6 nitrogen and oxygen atoms in total. The van der Waals surface area contributed by atoms with E-state index in [1.54, 1.807) is 0 Å². The molecule has 3 N–H and O–H groups in total. The quantitative estimate of drug-likeness (QED) is 0.759. The molecule has 1 aliphatic rings. The van der Waals surface area contributed by atoms with Gasteiger partial charge in [0.1, 0.15) is 0 Å². The molecule has 0 saturated heterocycles. The molecule has 2 rings (SSSR count). The minimum Gasteiger partial charge on any atom is -0.352 e. The second-order valence-corrected chi connectivity index (χ2v) is 6.54. The van der Waals surface area contributed by atoms with Crippen LogP contribution in [-0.2, 0) is 14.4 Å². The first-order chi connectivity index (χ1) is 10.5. The van der Waals surface area contributed by atoms with E-state index in [0.29, 0.717) is 0 Å². The first-order valence-corrected chi connectivity index (χ1v) is 7.96. The van der Waals surface area contributed by atoms with Crippen molar-refractivity contribution in [1.82, 2.24) is 10.6 Å². The number of hydrogen-bond acceptors (Lipinski definition) is 4. The maximum absolute atomic E-state index is 12.0. The Morgan fingerprint density at radius 1 is 1.27 bits per heavy atom. The molecule has 0 bridgehead atoms. The van der Waals surface area contributed by atoms with Crippen molar-refractivity contribution in [3.05, 3.63) is 24.3 Å². The summed E-state index contributed by atoms with van der Waals surface area (Å²) in [7, 11) is 0. The van der Waals surface area contributed by atoms with Crippen LogP contribution in [0.5, 0.6) is 0 Å². The highest BCUT2D eigenvalue weighted by Gasteiger charge is 2.28. The van der Waals surface area contributed by atoms with Gasteiger partial charge in [-0.15, -0.1) is 11.8 Å². The van der Waals surface area contributed by atoms with Crippen LogP contribution in [0.2, 0.25) is 0 Å². The molecule has 3 amide bonds. The van der Waals surface area contributed by atoms with Crippen LogP contribution in [0, 0.1) is 0 Å². The number of anilines is 1. The van der Waals surface area contributed by atoms with E-state index in [1.807, 2.05) is 38.1 Å². The number of carbonyl (C=O) groups is 3. The number of amides is 3. The van der Waals surface area contributed by atoms with E-state index in [9.17, 15) is 14.4 Å². The van der Waals surface area contributed by atoms with Crippen LogP contribution in [0.4, 0.5) is 5.69 Å². The van der Waals surface area contributed by atoms with Gasteiger partial charge in [0.2, 0.25) is 17.7 Å². The molecule has 1 heterocycles. The molecule has 22 heavy (non-hydrogen) atoms. The predicted molar refractivity (Wildman–Crippen MR) is 85.6 cm³/mol. The molecule has 0 fully saturated rings. The molecular formula is C15H19N3O3S. The van der Waals surface area contributed by atoms with Crippen molar-refractivity contribution in [3.63, 3.8) is 0 Å². The smallest absolute Gasteiger partial charge is 0.239 e. The lowest BCUT2D eigenvalue weighted by atomic mass is 10.2. The molecule has 1 aromatic carbocycles. The third kappa shape index (κ3) is 4.49. The molecule has 1 aromatic rings. The fourth-order valence-corrected chi connectivity index (χ4v) is 3.13. The Bertz CT molecular complexity index is 589. The third-order valence-corrected chi connectivity index (χ3v) is 4.25. The topological polar surface area (TPSA) is 87.3 Å². The van der Waals surface area contributed by atoms with Crippen molar-refractivity contribution < 1.29 is 14.4 Å². The van der Waals surface area contributed by atoms with Crippen LogP contribution in [0.3, 0.4) is 0 Å². The normalized spacial score (nSPS) is 16.7. The van der Waals surface area contributed by atoms with Crippen molar-refractivity contribution in [2.75, 3.05) is 11.9 Å². The Labute approximate surface area is 133 Å². The number of rotatable bonds is 5. The number of fused-ring (bicyclic) bond motifs is 1. The SMILES string of the molecule is CC(C)NC(=O)CNC(=O)C[C@H]1Sc2ccccc2NC1=O. The summed E-state index contributed by atoms with van der Waals surface area (Å²) in [5.41, 5.74) is 0.769. The lowest BCUT2D eigenvalue weighted by molar-refractivity contribution is -0.127. The second-order valence-electron chi connectivity index (χ2n) is 5.29. The summed E-state index contributed by atoms with van der Waals surface area (Å²) in [6.45, 7) is 3.62. The monoisotopic (exact) mass is 321 g/mol. The number of para-hydroxylation sites is 1. The highest BCUT2D eigenvalue weighted by Crippen LogP contribution is 2.36. The molecule has 0 aromatic heterocycles. The molecule has 118 valence electrons. The van der Waals surface area contributed by atoms with Crippen LogP contribution < -0.4 is 16.0 Å². The van der Waals surface area contributed by atoms with Gasteiger partial charge in [-0.3, -0.25) is 14.4 Å². The summed E-state index contributed by atoms with van der Waals surface area (Å²) < 4.78 is 0. The zero-order chi connectivity index (χ0) is 16.1. The largest absolute Gasteiger partial charge is 0.352 e. The first-order valence-electron chi connectivity index (χ1n) is 7.08. The van der Waals surface area contributed by atoms with Crippen molar-refractivity contribution in [2.45, 2.75) is 36.5 Å². The zero-order valence-electron chi connectivity index (χ0n) is 12.5. The number of nitrogens with one attached hydrogen (secondary N) is 3. The Morgan fingerprint density at radius 2 is 2.00 bits per heavy atom. The molecular weight excluding hydrogens is 302 g/mol. The summed E-state index contributed by atoms with van der Waals surface area (Å²) in [4.78, 5) is 36.3. The standard InChI is InChI=1S/C15H19N3O3S/c1-9(2)17-14(20)8-16-13(19)7-12-15(21)18-10-5-3-4-6-11(10)22-12/h3-6,9,12H,7-8H2,1-2H3,(H,16,19)(H,17,20)(H,18,21)/t12-/m1/s1. The summed E-state index contributed by atoms with van der Waals surface area (Å²) in [6, 6.07) is 7.49. The molecule has 1 atom stereocenters. The van der Waals surface area contributed by atoms with Crippen LogP contribution in [0.25, 0.3) is 0 Å². The fourth-order valence-electron chi connectivity index (χ4n) is 2.02. The van der Waals surface area contributed by atoms with Gasteiger partial charge < -0.3 is 16.0 Å². The minimum absolute atomic E-state index is 0.0283. The predicted octanol–water partition coefficient (Wildman–Crippen LogP) is 1.13. The minimum atomic E-state index is -0.483. The fraction of sp³-hybridized carbons (Fsp3) is 0.400. The van der Waals surface area contributed by atoms with E-state index in [2.05, 4.69) is 16.0 Å². The maximum atomic E-state index is 12.0. The Balaban J connectivity index is 1.85. The maximum Gasteiger partial charge on any atom is 0.239 e. The van der Waals surface area contributed by atoms with Gasteiger partial charge in [-0.25, -0.2) is 0 Å².